The van der Waals surface area contributed by atoms with E-state index in [4.69, 9.17) is 4.74 Å². The first kappa shape index (κ1) is 17.6. The maximum atomic E-state index is 12.9. The number of methoxy groups -OCH3 is 1. The predicted octanol–water partition coefficient (Wildman–Crippen LogP) is 3.81. The molecule has 1 fully saturated rings. The summed E-state index contributed by atoms with van der Waals surface area (Å²) in [4.78, 5) is 17.2. The van der Waals surface area contributed by atoms with Crippen molar-refractivity contribution >= 4 is 16.7 Å². The third-order valence-electron chi connectivity index (χ3n) is 5.22. The molecule has 0 N–H and O–H groups in total. The third-order valence-corrected chi connectivity index (χ3v) is 5.22. The number of carbonyl (C=O) groups excluding carboxylic acids is 1. The number of benzene rings is 3. The van der Waals surface area contributed by atoms with E-state index in [0.29, 0.717) is 0 Å². The lowest BCUT2D eigenvalue weighted by molar-refractivity contribution is 0.0628. The highest BCUT2D eigenvalue weighted by Crippen LogP contribution is 2.18. The molecular formula is C23H24N2O2. The summed E-state index contributed by atoms with van der Waals surface area (Å²) in [5.41, 5.74) is 2.04. The van der Waals surface area contributed by atoms with Crippen LogP contribution in [0.1, 0.15) is 15.9 Å². The van der Waals surface area contributed by atoms with Crippen LogP contribution in [-0.2, 0) is 6.54 Å². The number of piperazine rings is 1. The maximum absolute atomic E-state index is 12.9. The first-order valence-corrected chi connectivity index (χ1v) is 9.36. The molecule has 3 aromatic carbocycles. The zero-order chi connectivity index (χ0) is 18.6. The summed E-state index contributed by atoms with van der Waals surface area (Å²) in [6.45, 7) is 4.22. The van der Waals surface area contributed by atoms with Gasteiger partial charge in [0.15, 0.2) is 0 Å². The number of fused-ring (bicyclic) bond motifs is 1. The lowest BCUT2D eigenvalue weighted by Crippen LogP contribution is -2.48. The van der Waals surface area contributed by atoms with Crippen molar-refractivity contribution in [1.29, 1.82) is 0 Å². The van der Waals surface area contributed by atoms with Crippen LogP contribution in [0.15, 0.2) is 66.7 Å². The minimum atomic E-state index is 0.129. The van der Waals surface area contributed by atoms with Gasteiger partial charge in [0.25, 0.3) is 5.91 Å². The summed E-state index contributed by atoms with van der Waals surface area (Å²) in [6.07, 6.45) is 0. The van der Waals surface area contributed by atoms with E-state index < -0.39 is 0 Å². The molecule has 4 heteroatoms. The van der Waals surface area contributed by atoms with Crippen LogP contribution in [0.2, 0.25) is 0 Å². The summed E-state index contributed by atoms with van der Waals surface area (Å²) >= 11 is 0. The Balaban J connectivity index is 1.36. The van der Waals surface area contributed by atoms with Gasteiger partial charge in [-0.15, -0.1) is 0 Å². The average molecular weight is 360 g/mol. The zero-order valence-electron chi connectivity index (χ0n) is 15.6. The molecule has 0 spiro atoms. The number of rotatable bonds is 4. The van der Waals surface area contributed by atoms with Gasteiger partial charge in [0.05, 0.1) is 7.11 Å². The van der Waals surface area contributed by atoms with Gasteiger partial charge in [-0.2, -0.15) is 0 Å². The molecule has 0 unspecified atom stereocenters. The Morgan fingerprint density at radius 1 is 0.889 bits per heavy atom. The van der Waals surface area contributed by atoms with Gasteiger partial charge in [0.1, 0.15) is 5.75 Å². The van der Waals surface area contributed by atoms with Crippen molar-refractivity contribution in [3.8, 4) is 5.75 Å². The van der Waals surface area contributed by atoms with E-state index in [1.165, 1.54) is 10.9 Å². The van der Waals surface area contributed by atoms with E-state index >= 15 is 0 Å². The normalized spacial score (nSPS) is 15.1. The van der Waals surface area contributed by atoms with Crippen LogP contribution in [0.5, 0.6) is 5.75 Å². The smallest absolute Gasteiger partial charge is 0.253 e. The molecule has 4 nitrogen and oxygen atoms in total. The van der Waals surface area contributed by atoms with Crippen LogP contribution in [0, 0.1) is 0 Å². The molecule has 0 bridgehead atoms. The molecule has 1 saturated heterocycles. The summed E-state index contributed by atoms with van der Waals surface area (Å²) < 4.78 is 5.21. The van der Waals surface area contributed by atoms with Crippen molar-refractivity contribution in [2.75, 3.05) is 33.3 Å². The molecular weight excluding hydrogens is 336 g/mol. The van der Waals surface area contributed by atoms with Gasteiger partial charge in [0.2, 0.25) is 0 Å². The molecule has 0 atom stereocenters. The van der Waals surface area contributed by atoms with Crippen molar-refractivity contribution in [3.05, 3.63) is 77.9 Å². The molecule has 1 aliphatic rings. The first-order valence-electron chi connectivity index (χ1n) is 9.36. The molecule has 0 aromatic heterocycles. The van der Waals surface area contributed by atoms with Gasteiger partial charge in [-0.1, -0.05) is 42.5 Å². The Morgan fingerprint density at radius 3 is 2.30 bits per heavy atom. The highest BCUT2D eigenvalue weighted by atomic mass is 16.5. The van der Waals surface area contributed by atoms with Gasteiger partial charge in [-0.05, 0) is 40.6 Å². The van der Waals surface area contributed by atoms with Gasteiger partial charge in [0, 0.05) is 38.3 Å². The van der Waals surface area contributed by atoms with Crippen LogP contribution >= 0.6 is 0 Å². The van der Waals surface area contributed by atoms with E-state index in [0.717, 1.165) is 49.4 Å². The lowest BCUT2D eigenvalue weighted by atomic mass is 10.1. The second-order valence-corrected chi connectivity index (χ2v) is 6.98. The van der Waals surface area contributed by atoms with Gasteiger partial charge in [-0.25, -0.2) is 0 Å². The lowest BCUT2D eigenvalue weighted by Gasteiger charge is -2.34. The average Bonchev–Trinajstić information content (AvgIpc) is 2.74. The van der Waals surface area contributed by atoms with Crippen LogP contribution in [-0.4, -0.2) is 49.0 Å². The monoisotopic (exact) mass is 360 g/mol. The third kappa shape index (κ3) is 3.96. The van der Waals surface area contributed by atoms with Crippen molar-refractivity contribution in [1.82, 2.24) is 9.80 Å². The fourth-order valence-electron chi connectivity index (χ4n) is 3.60. The Kier molecular flexibility index (Phi) is 5.07. The number of amides is 1. The fraction of sp³-hybridized carbons (Fsp3) is 0.261. The van der Waals surface area contributed by atoms with Gasteiger partial charge < -0.3 is 9.64 Å². The quantitative estimate of drug-likeness (QED) is 0.709. The molecule has 0 aliphatic carbocycles. The summed E-state index contributed by atoms with van der Waals surface area (Å²) in [6, 6.07) is 22.3. The second-order valence-electron chi connectivity index (χ2n) is 6.98. The van der Waals surface area contributed by atoms with E-state index in [1.54, 1.807) is 7.11 Å². The molecule has 0 radical (unpaired) electrons. The van der Waals surface area contributed by atoms with E-state index in [2.05, 4.69) is 29.2 Å². The van der Waals surface area contributed by atoms with E-state index in [9.17, 15) is 4.79 Å². The van der Waals surface area contributed by atoms with Crippen molar-refractivity contribution < 1.29 is 9.53 Å². The summed E-state index contributed by atoms with van der Waals surface area (Å²) in [7, 11) is 1.68. The van der Waals surface area contributed by atoms with Crippen molar-refractivity contribution in [3.63, 3.8) is 0 Å². The predicted molar refractivity (Wildman–Crippen MR) is 108 cm³/mol. The van der Waals surface area contributed by atoms with Crippen LogP contribution in [0.3, 0.4) is 0 Å². The molecule has 1 aliphatic heterocycles. The second kappa shape index (κ2) is 7.80. The van der Waals surface area contributed by atoms with Crippen LogP contribution in [0.25, 0.3) is 10.8 Å². The van der Waals surface area contributed by atoms with Crippen LogP contribution < -0.4 is 4.74 Å². The van der Waals surface area contributed by atoms with Crippen LogP contribution in [0.4, 0.5) is 0 Å². The first-order chi connectivity index (χ1) is 13.2. The molecule has 1 heterocycles. The number of ether oxygens (including phenoxy) is 1. The van der Waals surface area contributed by atoms with Gasteiger partial charge >= 0.3 is 0 Å². The van der Waals surface area contributed by atoms with Crippen molar-refractivity contribution in [2.24, 2.45) is 0 Å². The van der Waals surface area contributed by atoms with E-state index in [-0.39, 0.29) is 5.91 Å². The minimum Gasteiger partial charge on any atom is -0.497 e. The highest BCUT2D eigenvalue weighted by molar-refractivity contribution is 5.98. The molecule has 0 saturated carbocycles. The number of hydrogen-bond acceptors (Lipinski definition) is 3. The standard InChI is InChI=1S/C23H24N2O2/c1-27-22-10-6-18(7-11-22)17-24-12-14-25(15-13-24)23(26)21-9-8-19-4-2-3-5-20(19)16-21/h2-11,16H,12-15,17H2,1H3. The Bertz CT molecular complexity index is 929. The number of hydrogen-bond donors (Lipinski definition) is 0. The Labute approximate surface area is 160 Å². The minimum absolute atomic E-state index is 0.129. The molecule has 138 valence electrons. The highest BCUT2D eigenvalue weighted by Gasteiger charge is 2.22. The summed E-state index contributed by atoms with van der Waals surface area (Å²) in [5.74, 6) is 1.01. The zero-order valence-corrected chi connectivity index (χ0v) is 15.6. The topological polar surface area (TPSA) is 32.8 Å². The SMILES string of the molecule is COc1ccc(CN2CCN(C(=O)c3ccc4ccccc4c3)CC2)cc1. The number of nitrogens with zero attached hydrogens (tertiary/aromatic N) is 2. The Morgan fingerprint density at radius 2 is 1.59 bits per heavy atom. The molecule has 1 amide bonds. The fourth-order valence-corrected chi connectivity index (χ4v) is 3.60. The number of carbonyl (C=O) groups is 1. The van der Waals surface area contributed by atoms with E-state index in [1.807, 2.05) is 47.4 Å². The molecule has 4 rings (SSSR count). The van der Waals surface area contributed by atoms with Gasteiger partial charge in [-0.3, -0.25) is 9.69 Å². The largest absolute Gasteiger partial charge is 0.497 e. The summed E-state index contributed by atoms with van der Waals surface area (Å²) in [5, 5.41) is 2.28. The maximum Gasteiger partial charge on any atom is 0.253 e. The Hall–Kier alpha value is -2.85. The molecule has 3 aromatic rings. The van der Waals surface area contributed by atoms with Crippen molar-refractivity contribution in [2.45, 2.75) is 6.54 Å². The molecule has 27 heavy (non-hydrogen) atoms.